The maximum absolute atomic E-state index is 5.55. The molecule has 0 amide bonds. The molecule has 0 heterocycles. The van der Waals surface area contributed by atoms with Crippen molar-refractivity contribution in [3.8, 4) is 0 Å². The van der Waals surface area contributed by atoms with E-state index in [1.165, 1.54) is 0 Å². The third-order valence-electron chi connectivity index (χ3n) is 2.58. The Labute approximate surface area is 105 Å². The number of ether oxygens (including phenoxy) is 2. The lowest BCUT2D eigenvalue weighted by Gasteiger charge is -2.36. The van der Waals surface area contributed by atoms with Gasteiger partial charge in [0.05, 0.1) is 17.2 Å². The molecule has 0 saturated heterocycles. The molecule has 0 radical (unpaired) electrons. The van der Waals surface area contributed by atoms with Crippen LogP contribution in [0.15, 0.2) is 24.0 Å². The van der Waals surface area contributed by atoms with E-state index in [1.807, 2.05) is 19.1 Å². The fourth-order valence-corrected chi connectivity index (χ4v) is 1.97. The summed E-state index contributed by atoms with van der Waals surface area (Å²) in [6.45, 7) is 4.16. The second-order valence-electron chi connectivity index (χ2n) is 3.76. The van der Waals surface area contributed by atoms with Gasteiger partial charge in [0, 0.05) is 7.11 Å². The van der Waals surface area contributed by atoms with Crippen molar-refractivity contribution < 1.29 is 9.47 Å². The van der Waals surface area contributed by atoms with Crippen molar-refractivity contribution in [1.82, 2.24) is 5.32 Å². The standard InChI is InChI=1S/C11H18INO2/c1-8(12)13-10-6-5-9(14-3)7-11(10,2)15-4/h5-8,10,13H,1-4H3/t8-,10?,11+/m1/s1. The zero-order valence-corrected chi connectivity index (χ0v) is 11.7. The lowest BCUT2D eigenvalue weighted by molar-refractivity contribution is 0.0234. The molecule has 0 saturated carbocycles. The lowest BCUT2D eigenvalue weighted by Crippen LogP contribution is -2.50. The predicted molar refractivity (Wildman–Crippen MR) is 70.1 cm³/mol. The summed E-state index contributed by atoms with van der Waals surface area (Å²) in [5.74, 6) is 0.846. The molecule has 15 heavy (non-hydrogen) atoms. The molecule has 86 valence electrons. The van der Waals surface area contributed by atoms with E-state index in [2.05, 4.69) is 40.9 Å². The number of hydrogen-bond donors (Lipinski definition) is 1. The minimum absolute atomic E-state index is 0.174. The molecule has 1 unspecified atom stereocenters. The molecule has 0 aromatic heterocycles. The van der Waals surface area contributed by atoms with Crippen molar-refractivity contribution in [2.24, 2.45) is 0 Å². The van der Waals surface area contributed by atoms with Gasteiger partial charge in [-0.2, -0.15) is 0 Å². The highest BCUT2D eigenvalue weighted by atomic mass is 127. The number of alkyl halides is 1. The second-order valence-corrected chi connectivity index (χ2v) is 5.63. The van der Waals surface area contributed by atoms with Gasteiger partial charge in [-0.25, -0.2) is 0 Å². The van der Waals surface area contributed by atoms with Gasteiger partial charge < -0.3 is 9.47 Å². The highest BCUT2D eigenvalue weighted by Crippen LogP contribution is 2.25. The van der Waals surface area contributed by atoms with E-state index < -0.39 is 0 Å². The molecule has 3 atom stereocenters. The molecule has 1 aliphatic carbocycles. The fraction of sp³-hybridized carbons (Fsp3) is 0.636. The predicted octanol–water partition coefficient (Wildman–Crippen LogP) is 2.23. The Hall–Kier alpha value is -0.0700. The van der Waals surface area contributed by atoms with E-state index in [-0.39, 0.29) is 11.6 Å². The molecule has 0 spiro atoms. The summed E-state index contributed by atoms with van der Waals surface area (Å²) in [6, 6.07) is 0.174. The van der Waals surface area contributed by atoms with Gasteiger partial charge in [0.2, 0.25) is 0 Å². The summed E-state index contributed by atoms with van der Waals surface area (Å²) in [5.41, 5.74) is -0.348. The van der Waals surface area contributed by atoms with E-state index in [9.17, 15) is 0 Å². The Morgan fingerprint density at radius 1 is 1.53 bits per heavy atom. The average molecular weight is 323 g/mol. The van der Waals surface area contributed by atoms with E-state index >= 15 is 0 Å². The summed E-state index contributed by atoms with van der Waals surface area (Å²) in [4.78, 5) is 0. The summed E-state index contributed by atoms with van der Waals surface area (Å²) in [6.07, 6.45) is 6.05. The van der Waals surface area contributed by atoms with Crippen LogP contribution in [0, 0.1) is 0 Å². The van der Waals surface area contributed by atoms with Crippen molar-refractivity contribution in [3.05, 3.63) is 24.0 Å². The van der Waals surface area contributed by atoms with Crippen LogP contribution in [0.5, 0.6) is 0 Å². The van der Waals surface area contributed by atoms with Gasteiger partial charge >= 0.3 is 0 Å². The molecule has 0 bridgehead atoms. The third-order valence-corrected chi connectivity index (χ3v) is 2.94. The van der Waals surface area contributed by atoms with Crippen molar-refractivity contribution in [2.75, 3.05) is 14.2 Å². The largest absolute Gasteiger partial charge is 0.497 e. The van der Waals surface area contributed by atoms with E-state index in [0.717, 1.165) is 5.76 Å². The van der Waals surface area contributed by atoms with E-state index in [0.29, 0.717) is 4.05 Å². The Balaban J connectivity index is 2.84. The topological polar surface area (TPSA) is 30.5 Å². The molecule has 3 nitrogen and oxygen atoms in total. The Kier molecular flexibility index (Phi) is 4.61. The Morgan fingerprint density at radius 3 is 2.67 bits per heavy atom. The van der Waals surface area contributed by atoms with E-state index in [4.69, 9.17) is 9.47 Å². The monoisotopic (exact) mass is 323 g/mol. The Morgan fingerprint density at radius 2 is 2.20 bits per heavy atom. The molecule has 1 rings (SSSR count). The van der Waals surface area contributed by atoms with Crippen molar-refractivity contribution in [1.29, 1.82) is 0 Å². The van der Waals surface area contributed by atoms with Crippen LogP contribution in [-0.4, -0.2) is 29.9 Å². The summed E-state index contributed by atoms with van der Waals surface area (Å²) in [5, 5.41) is 3.44. The second kappa shape index (κ2) is 5.32. The van der Waals surface area contributed by atoms with Crippen LogP contribution in [0.2, 0.25) is 0 Å². The van der Waals surface area contributed by atoms with Gasteiger partial charge in [0.25, 0.3) is 0 Å². The van der Waals surface area contributed by atoms with Gasteiger partial charge in [0.15, 0.2) is 0 Å². The molecule has 1 N–H and O–H groups in total. The molecule has 0 aromatic rings. The van der Waals surface area contributed by atoms with Crippen LogP contribution in [0.3, 0.4) is 0 Å². The van der Waals surface area contributed by atoms with Crippen LogP contribution in [-0.2, 0) is 9.47 Å². The molecular formula is C11H18INO2. The fourth-order valence-electron chi connectivity index (χ4n) is 1.58. The molecule has 1 aliphatic rings. The lowest BCUT2D eigenvalue weighted by atomic mass is 9.91. The minimum Gasteiger partial charge on any atom is -0.497 e. The molecule has 4 heteroatoms. The Bertz CT molecular complexity index is 276. The number of halogens is 1. The third kappa shape index (κ3) is 3.19. The van der Waals surface area contributed by atoms with E-state index in [1.54, 1.807) is 14.2 Å². The number of rotatable bonds is 4. The first kappa shape index (κ1) is 13.0. The average Bonchev–Trinajstić information content (AvgIpc) is 2.20. The summed E-state index contributed by atoms with van der Waals surface area (Å²) in [7, 11) is 3.39. The van der Waals surface area contributed by atoms with Crippen molar-refractivity contribution in [2.45, 2.75) is 29.5 Å². The van der Waals surface area contributed by atoms with Gasteiger partial charge in [0.1, 0.15) is 11.4 Å². The normalized spacial score (nSPS) is 32.3. The van der Waals surface area contributed by atoms with Gasteiger partial charge in [-0.1, -0.05) is 28.7 Å². The number of methoxy groups -OCH3 is 2. The first-order valence-corrected chi connectivity index (χ1v) is 6.16. The maximum Gasteiger partial charge on any atom is 0.117 e. The molecule has 0 aromatic carbocycles. The molecular weight excluding hydrogens is 305 g/mol. The van der Waals surface area contributed by atoms with Gasteiger partial charge in [-0.05, 0) is 26.0 Å². The maximum atomic E-state index is 5.55. The smallest absolute Gasteiger partial charge is 0.117 e. The summed E-state index contributed by atoms with van der Waals surface area (Å²) >= 11 is 2.34. The first-order chi connectivity index (χ1) is 7.01. The first-order valence-electron chi connectivity index (χ1n) is 4.92. The van der Waals surface area contributed by atoms with Crippen LogP contribution in [0.1, 0.15) is 13.8 Å². The summed E-state index contributed by atoms with van der Waals surface area (Å²) < 4.78 is 11.1. The molecule has 0 fully saturated rings. The highest BCUT2D eigenvalue weighted by molar-refractivity contribution is 14.1. The van der Waals surface area contributed by atoms with Crippen LogP contribution >= 0.6 is 22.6 Å². The number of allylic oxidation sites excluding steroid dienone is 1. The van der Waals surface area contributed by atoms with Crippen molar-refractivity contribution in [3.63, 3.8) is 0 Å². The van der Waals surface area contributed by atoms with Crippen LogP contribution in [0.4, 0.5) is 0 Å². The van der Waals surface area contributed by atoms with Gasteiger partial charge in [-0.3, -0.25) is 5.32 Å². The highest BCUT2D eigenvalue weighted by Gasteiger charge is 2.34. The number of hydrogen-bond acceptors (Lipinski definition) is 3. The zero-order valence-electron chi connectivity index (χ0n) is 9.58. The minimum atomic E-state index is -0.348. The SMILES string of the molecule is COC1=C[C@](C)(OC)C(N[C@H](C)I)C=C1. The van der Waals surface area contributed by atoms with Crippen LogP contribution in [0.25, 0.3) is 0 Å². The quantitative estimate of drug-likeness (QED) is 0.489. The zero-order chi connectivity index (χ0) is 11.5. The van der Waals surface area contributed by atoms with Crippen molar-refractivity contribution >= 4 is 22.6 Å². The number of nitrogens with one attached hydrogen (secondary N) is 1. The van der Waals surface area contributed by atoms with Crippen LogP contribution < -0.4 is 5.32 Å². The van der Waals surface area contributed by atoms with Gasteiger partial charge in [-0.15, -0.1) is 0 Å². The molecule has 0 aliphatic heterocycles.